The molecule has 1 aliphatic heterocycles. The van der Waals surface area contributed by atoms with Crippen molar-refractivity contribution in [2.24, 2.45) is 4.99 Å². The van der Waals surface area contributed by atoms with Crippen molar-refractivity contribution < 1.29 is 0 Å². The minimum absolute atomic E-state index is 0.820. The van der Waals surface area contributed by atoms with Crippen LogP contribution in [0.25, 0.3) is 0 Å². The highest BCUT2D eigenvalue weighted by Gasteiger charge is 2.09. The van der Waals surface area contributed by atoms with Crippen molar-refractivity contribution in [3.8, 4) is 0 Å². The average molecular weight is 158 g/mol. The van der Waals surface area contributed by atoms with Gasteiger partial charge in [0, 0.05) is 6.21 Å². The van der Waals surface area contributed by atoms with Crippen molar-refractivity contribution in [3.63, 3.8) is 0 Å². The average Bonchev–Trinajstić information content (AvgIpc) is 2.17. The lowest BCUT2D eigenvalue weighted by molar-refractivity contribution is 1.11. The second kappa shape index (κ2) is 2.81. The van der Waals surface area contributed by atoms with Gasteiger partial charge in [0.25, 0.3) is 0 Å². The van der Waals surface area contributed by atoms with Crippen LogP contribution in [0.15, 0.2) is 42.0 Å². The van der Waals surface area contributed by atoms with E-state index in [0.29, 0.717) is 0 Å². The summed E-state index contributed by atoms with van der Waals surface area (Å²) in [5, 5.41) is 0. The SMILES string of the molecule is C=CN1CC=Nc2ccccc21. The van der Waals surface area contributed by atoms with Crippen molar-refractivity contribution in [2.75, 3.05) is 11.4 Å². The fourth-order valence-corrected chi connectivity index (χ4v) is 1.31. The number of nitrogens with zero attached hydrogens (tertiary/aromatic N) is 2. The van der Waals surface area contributed by atoms with Gasteiger partial charge in [0.1, 0.15) is 0 Å². The van der Waals surface area contributed by atoms with Crippen LogP contribution in [0.3, 0.4) is 0 Å². The van der Waals surface area contributed by atoms with Crippen LogP contribution in [0.1, 0.15) is 0 Å². The first-order valence-electron chi connectivity index (χ1n) is 3.92. The highest BCUT2D eigenvalue weighted by molar-refractivity contribution is 5.82. The van der Waals surface area contributed by atoms with Crippen LogP contribution < -0.4 is 4.90 Å². The number of para-hydroxylation sites is 2. The topological polar surface area (TPSA) is 15.6 Å². The molecule has 0 aliphatic carbocycles. The molecule has 0 bridgehead atoms. The third-order valence-electron chi connectivity index (χ3n) is 1.92. The van der Waals surface area contributed by atoms with Gasteiger partial charge in [-0.15, -0.1) is 0 Å². The molecule has 0 unspecified atom stereocenters. The van der Waals surface area contributed by atoms with Crippen molar-refractivity contribution in [1.82, 2.24) is 0 Å². The molecule has 0 aromatic heterocycles. The first-order valence-corrected chi connectivity index (χ1v) is 3.92. The summed E-state index contributed by atoms with van der Waals surface area (Å²) in [5.41, 5.74) is 2.15. The van der Waals surface area contributed by atoms with Gasteiger partial charge >= 0.3 is 0 Å². The summed E-state index contributed by atoms with van der Waals surface area (Å²) < 4.78 is 0. The minimum Gasteiger partial charge on any atom is -0.341 e. The fourth-order valence-electron chi connectivity index (χ4n) is 1.31. The Kier molecular flexibility index (Phi) is 1.67. The number of fused-ring (bicyclic) bond motifs is 1. The number of hydrogen-bond acceptors (Lipinski definition) is 2. The van der Waals surface area contributed by atoms with Gasteiger partial charge in [0.2, 0.25) is 0 Å². The van der Waals surface area contributed by atoms with E-state index in [1.54, 1.807) is 0 Å². The Bertz CT molecular complexity index is 328. The van der Waals surface area contributed by atoms with Crippen LogP contribution in [0.2, 0.25) is 0 Å². The van der Waals surface area contributed by atoms with E-state index >= 15 is 0 Å². The molecule has 1 aromatic rings. The predicted molar refractivity (Wildman–Crippen MR) is 52.1 cm³/mol. The standard InChI is InChI=1S/C10H10N2/c1-2-12-8-7-11-9-5-3-4-6-10(9)12/h2-7H,1,8H2. The van der Waals surface area contributed by atoms with E-state index in [-0.39, 0.29) is 0 Å². The van der Waals surface area contributed by atoms with Gasteiger partial charge in [-0.05, 0) is 18.3 Å². The zero-order valence-electron chi connectivity index (χ0n) is 6.77. The lowest BCUT2D eigenvalue weighted by atomic mass is 10.2. The van der Waals surface area contributed by atoms with E-state index in [9.17, 15) is 0 Å². The van der Waals surface area contributed by atoms with Crippen molar-refractivity contribution in [1.29, 1.82) is 0 Å². The van der Waals surface area contributed by atoms with Gasteiger partial charge in [0.15, 0.2) is 0 Å². The zero-order valence-corrected chi connectivity index (χ0v) is 6.77. The van der Waals surface area contributed by atoms with Crippen LogP contribution in [-0.4, -0.2) is 12.8 Å². The van der Waals surface area contributed by atoms with Gasteiger partial charge in [-0.1, -0.05) is 18.7 Å². The maximum absolute atomic E-state index is 4.28. The molecule has 2 rings (SSSR count). The van der Waals surface area contributed by atoms with Gasteiger partial charge in [0.05, 0.1) is 17.9 Å². The van der Waals surface area contributed by atoms with E-state index in [0.717, 1.165) is 17.9 Å². The molecule has 0 saturated carbocycles. The van der Waals surface area contributed by atoms with E-state index in [1.165, 1.54) is 0 Å². The van der Waals surface area contributed by atoms with Crippen molar-refractivity contribution >= 4 is 17.6 Å². The van der Waals surface area contributed by atoms with E-state index in [2.05, 4.69) is 16.5 Å². The molecule has 2 heteroatoms. The van der Waals surface area contributed by atoms with E-state index in [4.69, 9.17) is 0 Å². The Morgan fingerprint density at radius 2 is 2.25 bits per heavy atom. The molecule has 0 saturated heterocycles. The van der Waals surface area contributed by atoms with Gasteiger partial charge in [-0.3, -0.25) is 4.99 Å². The van der Waals surface area contributed by atoms with Crippen LogP contribution in [-0.2, 0) is 0 Å². The highest BCUT2D eigenvalue weighted by atomic mass is 15.1. The third kappa shape index (κ3) is 1.01. The first kappa shape index (κ1) is 7.10. The molecule has 1 heterocycles. The van der Waals surface area contributed by atoms with Crippen molar-refractivity contribution in [2.45, 2.75) is 0 Å². The summed E-state index contributed by atoms with van der Waals surface area (Å²) in [6.45, 7) is 4.57. The molecule has 12 heavy (non-hydrogen) atoms. The Morgan fingerprint density at radius 1 is 1.42 bits per heavy atom. The number of rotatable bonds is 1. The molecule has 60 valence electrons. The molecular weight excluding hydrogens is 148 g/mol. The van der Waals surface area contributed by atoms with Crippen molar-refractivity contribution in [3.05, 3.63) is 37.0 Å². The second-order valence-electron chi connectivity index (χ2n) is 2.64. The monoisotopic (exact) mass is 158 g/mol. The minimum atomic E-state index is 0.820. The quantitative estimate of drug-likeness (QED) is 0.612. The molecule has 2 nitrogen and oxygen atoms in total. The number of anilines is 1. The van der Waals surface area contributed by atoms with Crippen LogP contribution in [0.4, 0.5) is 11.4 Å². The lowest BCUT2D eigenvalue weighted by Gasteiger charge is -2.22. The summed E-state index contributed by atoms with van der Waals surface area (Å²) in [4.78, 5) is 6.35. The normalized spacial score (nSPS) is 14.2. The Labute approximate surface area is 71.9 Å². The Morgan fingerprint density at radius 3 is 3.08 bits per heavy atom. The third-order valence-corrected chi connectivity index (χ3v) is 1.92. The van der Waals surface area contributed by atoms with Gasteiger partial charge < -0.3 is 4.90 Å². The maximum atomic E-state index is 4.28. The molecule has 1 aliphatic rings. The molecule has 0 N–H and O–H groups in total. The highest BCUT2D eigenvalue weighted by Crippen LogP contribution is 2.29. The van der Waals surface area contributed by atoms with E-state index in [1.807, 2.05) is 36.7 Å². The Hall–Kier alpha value is -1.57. The summed E-state index contributed by atoms with van der Waals surface area (Å²) in [6, 6.07) is 8.05. The maximum Gasteiger partial charge on any atom is 0.0863 e. The summed E-state index contributed by atoms with van der Waals surface area (Å²) in [7, 11) is 0. The fraction of sp³-hybridized carbons (Fsp3) is 0.100. The van der Waals surface area contributed by atoms with Crippen LogP contribution >= 0.6 is 0 Å². The van der Waals surface area contributed by atoms with Crippen LogP contribution in [0.5, 0.6) is 0 Å². The molecule has 0 amide bonds. The first-order chi connectivity index (χ1) is 5.92. The number of hydrogen-bond donors (Lipinski definition) is 0. The van der Waals surface area contributed by atoms with Gasteiger partial charge in [-0.2, -0.15) is 0 Å². The predicted octanol–water partition coefficient (Wildman–Crippen LogP) is 2.35. The molecule has 0 radical (unpaired) electrons. The number of benzene rings is 1. The smallest absolute Gasteiger partial charge is 0.0863 e. The Balaban J connectivity index is 2.52. The second-order valence-corrected chi connectivity index (χ2v) is 2.64. The van der Waals surface area contributed by atoms with Gasteiger partial charge in [-0.25, -0.2) is 0 Å². The summed E-state index contributed by atoms with van der Waals surface area (Å²) in [6.07, 6.45) is 3.72. The largest absolute Gasteiger partial charge is 0.341 e. The zero-order chi connectivity index (χ0) is 8.39. The number of aliphatic imine (C=N–C) groups is 1. The molecule has 0 atom stereocenters. The molecule has 0 fully saturated rings. The summed E-state index contributed by atoms with van der Waals surface area (Å²) >= 11 is 0. The van der Waals surface area contributed by atoms with Crippen LogP contribution in [0, 0.1) is 0 Å². The van der Waals surface area contributed by atoms with E-state index < -0.39 is 0 Å². The molecule has 0 spiro atoms. The molecule has 1 aromatic carbocycles. The summed E-state index contributed by atoms with van der Waals surface area (Å²) in [5.74, 6) is 0. The molecular formula is C10H10N2. The lowest BCUT2D eigenvalue weighted by Crippen LogP contribution is -2.20.